The number of hydrogen-bond donors (Lipinski definition) is 6. The number of carbonyl (C=O) groups is 3. The summed E-state index contributed by atoms with van der Waals surface area (Å²) < 4.78 is 71.2. The predicted molar refractivity (Wildman–Crippen MR) is 154 cm³/mol. The highest BCUT2D eigenvalue weighted by Gasteiger charge is 2.38. The average molecular weight is 650 g/mol. The quantitative estimate of drug-likeness (QED) is 0.136. The maximum Gasteiger partial charge on any atom is 0.274 e. The van der Waals surface area contributed by atoms with Gasteiger partial charge in [-0.15, -0.1) is 0 Å². The van der Waals surface area contributed by atoms with E-state index in [1.807, 2.05) is 12.1 Å². The fourth-order valence-electron chi connectivity index (χ4n) is 5.13. The van der Waals surface area contributed by atoms with Gasteiger partial charge < -0.3 is 31.5 Å². The van der Waals surface area contributed by atoms with Gasteiger partial charge in [0.05, 0.1) is 18.1 Å². The lowest BCUT2D eigenvalue weighted by Gasteiger charge is -2.34. The van der Waals surface area contributed by atoms with Crippen LogP contribution >= 0.6 is 0 Å². The van der Waals surface area contributed by atoms with E-state index in [0.29, 0.717) is 6.42 Å². The molecule has 10 nitrogen and oxygen atoms in total. The minimum atomic E-state index is -2.39. The van der Waals surface area contributed by atoms with Crippen molar-refractivity contribution in [3.05, 3.63) is 94.6 Å². The summed E-state index contributed by atoms with van der Waals surface area (Å²) in [4.78, 5) is 43.9. The number of nitrogens with zero attached hydrogens (tertiary/aromatic N) is 1. The Hall–Kier alpha value is -4.63. The van der Waals surface area contributed by atoms with E-state index in [0.717, 1.165) is 5.56 Å². The highest BCUT2D eigenvalue weighted by Crippen LogP contribution is 2.26. The van der Waals surface area contributed by atoms with E-state index in [9.17, 15) is 46.5 Å². The maximum absolute atomic E-state index is 14.7. The van der Waals surface area contributed by atoms with Crippen molar-refractivity contribution in [2.24, 2.45) is 5.92 Å². The molecule has 6 N–H and O–H groups in total. The summed E-state index contributed by atoms with van der Waals surface area (Å²) in [5, 5.41) is 32.0. The van der Waals surface area contributed by atoms with E-state index < -0.39 is 106 Å². The largest absolute Gasteiger partial charge is 0.505 e. The zero-order valence-corrected chi connectivity index (χ0v) is 24.7. The van der Waals surface area contributed by atoms with Gasteiger partial charge in [0.15, 0.2) is 29.0 Å². The summed E-state index contributed by atoms with van der Waals surface area (Å²) >= 11 is 0. The summed E-state index contributed by atoms with van der Waals surface area (Å²) in [6.07, 6.45) is -1.50. The zero-order chi connectivity index (χ0) is 33.7. The average Bonchev–Trinajstić information content (AvgIpc) is 3.04. The molecule has 1 aliphatic rings. The topological polar surface area (TPSA) is 153 Å². The number of aliphatic hydroxyl groups is 1. The molecule has 0 saturated carbocycles. The van der Waals surface area contributed by atoms with Crippen molar-refractivity contribution >= 4 is 17.7 Å². The Morgan fingerprint density at radius 1 is 0.891 bits per heavy atom. The van der Waals surface area contributed by atoms with Gasteiger partial charge in [-0.05, 0) is 31.0 Å². The number of halogens is 5. The first-order valence-corrected chi connectivity index (χ1v) is 14.3. The number of rotatable bonds is 6. The van der Waals surface area contributed by atoms with E-state index in [4.69, 9.17) is 0 Å². The first-order valence-electron chi connectivity index (χ1n) is 14.3. The normalized spacial score (nSPS) is 24.3. The number of carbonyl (C=O) groups excluding carboxylic acids is 3. The molecule has 6 atom stereocenters. The molecule has 0 spiro atoms. The third kappa shape index (κ3) is 7.59. The van der Waals surface area contributed by atoms with Gasteiger partial charge in [0.2, 0.25) is 17.6 Å². The Morgan fingerprint density at radius 3 is 2.15 bits per heavy atom. The number of pyridine rings is 1. The SMILES string of the molecule is CC1NCC(Cc2ccccc2)NC(=O)C(C)C(O)C(Cc2c(F)c(F)c(F)c(F)c2F)NC(=O)C1NC(=O)c1ncccc1O. The van der Waals surface area contributed by atoms with Crippen molar-refractivity contribution < 1.29 is 46.5 Å². The van der Waals surface area contributed by atoms with E-state index in [1.54, 1.807) is 18.2 Å². The molecule has 0 bridgehead atoms. The van der Waals surface area contributed by atoms with E-state index in [-0.39, 0.29) is 6.54 Å². The first kappa shape index (κ1) is 34.2. The molecular weight excluding hydrogens is 617 g/mol. The Kier molecular flexibility index (Phi) is 10.9. The summed E-state index contributed by atoms with van der Waals surface area (Å²) in [5.74, 6) is -15.8. The minimum absolute atomic E-state index is 0.0765. The third-order valence-electron chi connectivity index (χ3n) is 7.82. The molecule has 4 rings (SSSR count). The standard InChI is InChI=1S/C31H32F5N5O5/c1-14-28(43)19(12-18-21(32)23(34)25(36)24(35)22(18)33)40-30(45)26(41-31(46)27-20(42)9-6-10-37-27)15(2)38-13-17(39-29(14)44)11-16-7-4-3-5-8-16/h3-10,14-15,17,19,26,28,38,42-43H,11-13H2,1-2H3,(H,39,44)(H,40,45)(H,41,46). The van der Waals surface area contributed by atoms with Crippen LogP contribution in [0.5, 0.6) is 5.75 Å². The molecule has 1 saturated heterocycles. The second-order valence-corrected chi connectivity index (χ2v) is 11.1. The molecule has 3 amide bonds. The molecule has 1 fully saturated rings. The lowest BCUT2D eigenvalue weighted by atomic mass is 9.90. The van der Waals surface area contributed by atoms with Crippen molar-refractivity contribution in [1.29, 1.82) is 0 Å². The van der Waals surface area contributed by atoms with Crippen LogP contribution in [0.4, 0.5) is 22.0 Å². The Morgan fingerprint density at radius 2 is 1.52 bits per heavy atom. The maximum atomic E-state index is 14.7. The van der Waals surface area contributed by atoms with Crippen LogP contribution in [0.3, 0.4) is 0 Å². The van der Waals surface area contributed by atoms with Gasteiger partial charge in [0.1, 0.15) is 11.8 Å². The van der Waals surface area contributed by atoms with Crippen molar-refractivity contribution in [3.8, 4) is 5.75 Å². The van der Waals surface area contributed by atoms with Crippen LogP contribution in [-0.4, -0.2) is 69.7 Å². The highest BCUT2D eigenvalue weighted by molar-refractivity contribution is 5.98. The number of aliphatic hydroxyl groups excluding tert-OH is 1. The molecule has 6 unspecified atom stereocenters. The fraction of sp³-hybridized carbons (Fsp3) is 0.355. The van der Waals surface area contributed by atoms with E-state index in [1.165, 1.54) is 32.2 Å². The summed E-state index contributed by atoms with van der Waals surface area (Å²) in [6.45, 7) is 2.85. The van der Waals surface area contributed by atoms with E-state index >= 15 is 0 Å². The molecule has 15 heteroatoms. The molecule has 1 aromatic heterocycles. The molecular formula is C31H32F5N5O5. The molecule has 246 valence electrons. The van der Waals surface area contributed by atoms with Crippen LogP contribution in [-0.2, 0) is 22.4 Å². The van der Waals surface area contributed by atoms with Gasteiger partial charge in [-0.3, -0.25) is 14.4 Å². The minimum Gasteiger partial charge on any atom is -0.505 e. The molecule has 3 aromatic rings. The van der Waals surface area contributed by atoms with Crippen molar-refractivity contribution in [2.45, 2.75) is 57.0 Å². The Balaban J connectivity index is 1.73. The number of benzene rings is 2. The third-order valence-corrected chi connectivity index (χ3v) is 7.82. The van der Waals surface area contributed by atoms with Gasteiger partial charge in [-0.2, -0.15) is 0 Å². The zero-order valence-electron chi connectivity index (χ0n) is 24.7. The van der Waals surface area contributed by atoms with Gasteiger partial charge in [-0.1, -0.05) is 37.3 Å². The summed E-state index contributed by atoms with van der Waals surface area (Å²) in [5.41, 5.74) is -0.915. The predicted octanol–water partition coefficient (Wildman–Crippen LogP) is 2.02. The van der Waals surface area contributed by atoms with Crippen LogP contribution in [0, 0.1) is 35.0 Å². The van der Waals surface area contributed by atoms with Crippen molar-refractivity contribution in [2.75, 3.05) is 6.54 Å². The Labute approximate surface area is 260 Å². The highest BCUT2D eigenvalue weighted by atomic mass is 19.2. The van der Waals surface area contributed by atoms with Gasteiger partial charge in [0.25, 0.3) is 5.91 Å². The fourth-order valence-corrected chi connectivity index (χ4v) is 5.13. The molecule has 1 aliphatic heterocycles. The first-order chi connectivity index (χ1) is 21.8. The number of amides is 3. The van der Waals surface area contributed by atoms with Gasteiger partial charge in [0, 0.05) is 36.8 Å². The van der Waals surface area contributed by atoms with Crippen LogP contribution in [0.2, 0.25) is 0 Å². The van der Waals surface area contributed by atoms with Crippen LogP contribution in [0.15, 0.2) is 48.7 Å². The van der Waals surface area contributed by atoms with Crippen molar-refractivity contribution in [3.63, 3.8) is 0 Å². The summed E-state index contributed by atoms with van der Waals surface area (Å²) in [7, 11) is 0. The summed E-state index contributed by atoms with van der Waals surface area (Å²) in [6, 6.07) is 6.76. The van der Waals surface area contributed by atoms with Crippen molar-refractivity contribution in [1.82, 2.24) is 26.3 Å². The van der Waals surface area contributed by atoms with Gasteiger partial charge >= 0.3 is 0 Å². The smallest absolute Gasteiger partial charge is 0.274 e. The van der Waals surface area contributed by atoms with Crippen LogP contribution in [0.25, 0.3) is 0 Å². The molecule has 2 heterocycles. The number of aromatic nitrogens is 1. The number of nitrogens with one attached hydrogen (secondary N) is 4. The number of hydrogen-bond acceptors (Lipinski definition) is 7. The molecule has 0 radical (unpaired) electrons. The van der Waals surface area contributed by atoms with Gasteiger partial charge in [-0.25, -0.2) is 26.9 Å². The number of aromatic hydroxyl groups is 1. The van der Waals surface area contributed by atoms with E-state index in [2.05, 4.69) is 26.3 Å². The second kappa shape index (κ2) is 14.6. The lowest BCUT2D eigenvalue weighted by Crippen LogP contribution is -2.62. The van der Waals surface area contributed by atoms with Crippen LogP contribution < -0.4 is 21.3 Å². The lowest BCUT2D eigenvalue weighted by molar-refractivity contribution is -0.132. The molecule has 2 aromatic carbocycles. The Bertz CT molecular complexity index is 1570. The molecule has 0 aliphatic carbocycles. The van der Waals surface area contributed by atoms with Crippen LogP contribution in [0.1, 0.15) is 35.5 Å². The second-order valence-electron chi connectivity index (χ2n) is 11.1. The monoisotopic (exact) mass is 649 g/mol. The molecule has 46 heavy (non-hydrogen) atoms.